The highest BCUT2D eigenvalue weighted by atomic mass is 16.2. The Morgan fingerprint density at radius 2 is 2.50 bits per heavy atom. The van der Waals surface area contributed by atoms with E-state index in [1.807, 2.05) is 0 Å². The summed E-state index contributed by atoms with van der Waals surface area (Å²) in [5.41, 5.74) is 0.976. The van der Waals surface area contributed by atoms with Crippen molar-refractivity contribution in [3.8, 4) is 11.8 Å². The van der Waals surface area contributed by atoms with Gasteiger partial charge in [-0.15, -0.1) is 0 Å². The zero-order valence-electron chi connectivity index (χ0n) is 7.74. The van der Waals surface area contributed by atoms with Gasteiger partial charge in [0.1, 0.15) is 6.61 Å². The predicted molar refractivity (Wildman–Crippen MR) is 51.6 cm³/mol. The predicted octanol–water partition coefficient (Wildman–Crippen LogP) is -0.215. The number of pyridine rings is 1. The Morgan fingerprint density at radius 1 is 1.71 bits per heavy atom. The summed E-state index contributed by atoms with van der Waals surface area (Å²) in [7, 11) is 1.55. The molecule has 2 N–H and O–H groups in total. The molecule has 0 aliphatic rings. The number of carbonyl (C=O) groups is 1. The molecule has 0 atom stereocenters. The average Bonchev–Trinajstić information content (AvgIpc) is 2.25. The number of rotatable bonds is 1. The molecule has 0 saturated carbocycles. The van der Waals surface area contributed by atoms with Crippen molar-refractivity contribution in [2.45, 2.75) is 0 Å². The fraction of sp³-hybridized carbons (Fsp3) is 0.200. The maximum atomic E-state index is 11.3. The van der Waals surface area contributed by atoms with E-state index in [2.05, 4.69) is 22.1 Å². The number of carbonyl (C=O) groups excluding carboxylic acids is 1. The van der Waals surface area contributed by atoms with Gasteiger partial charge in [-0.1, -0.05) is 11.8 Å². The number of hydrogen-bond acceptors (Lipinski definition) is 3. The van der Waals surface area contributed by atoms with Crippen molar-refractivity contribution in [3.05, 3.63) is 29.6 Å². The van der Waals surface area contributed by atoms with E-state index in [1.54, 1.807) is 13.1 Å². The van der Waals surface area contributed by atoms with Gasteiger partial charge >= 0.3 is 0 Å². The Kier molecular flexibility index (Phi) is 3.65. The first-order valence-corrected chi connectivity index (χ1v) is 4.05. The lowest BCUT2D eigenvalue weighted by atomic mass is 10.1. The zero-order chi connectivity index (χ0) is 10.4. The monoisotopic (exact) mass is 190 g/mol. The van der Waals surface area contributed by atoms with Crippen LogP contribution in [0, 0.1) is 11.8 Å². The lowest BCUT2D eigenvalue weighted by molar-refractivity contribution is 0.0962. The number of amides is 1. The summed E-state index contributed by atoms with van der Waals surface area (Å²) >= 11 is 0. The molecule has 1 aromatic rings. The van der Waals surface area contributed by atoms with E-state index < -0.39 is 0 Å². The zero-order valence-corrected chi connectivity index (χ0v) is 7.74. The summed E-state index contributed by atoms with van der Waals surface area (Å²) < 4.78 is 0. The Morgan fingerprint density at radius 3 is 3.14 bits per heavy atom. The van der Waals surface area contributed by atoms with E-state index in [4.69, 9.17) is 5.11 Å². The fourth-order valence-corrected chi connectivity index (χ4v) is 0.961. The second-order valence-electron chi connectivity index (χ2n) is 2.46. The third-order valence-electron chi connectivity index (χ3n) is 1.59. The molecule has 0 spiro atoms. The maximum absolute atomic E-state index is 11.3. The molecular formula is C10H10N2O2. The first kappa shape index (κ1) is 10.2. The number of aromatic nitrogens is 1. The quantitative estimate of drug-likeness (QED) is 0.602. The van der Waals surface area contributed by atoms with Gasteiger partial charge in [0.25, 0.3) is 5.91 Å². The molecule has 1 amide bonds. The molecule has 4 heteroatoms. The van der Waals surface area contributed by atoms with Crippen LogP contribution in [0.5, 0.6) is 0 Å². The molecule has 1 aromatic heterocycles. The van der Waals surface area contributed by atoms with E-state index in [0.29, 0.717) is 11.1 Å². The third-order valence-corrected chi connectivity index (χ3v) is 1.59. The highest BCUT2D eigenvalue weighted by molar-refractivity contribution is 5.96. The number of aliphatic hydroxyl groups is 1. The molecule has 1 heterocycles. The fourth-order valence-electron chi connectivity index (χ4n) is 0.961. The van der Waals surface area contributed by atoms with Crippen LogP contribution in [0.15, 0.2) is 18.5 Å². The second kappa shape index (κ2) is 5.00. The first-order valence-electron chi connectivity index (χ1n) is 4.05. The van der Waals surface area contributed by atoms with Crippen molar-refractivity contribution in [1.29, 1.82) is 0 Å². The Hall–Kier alpha value is -1.86. The van der Waals surface area contributed by atoms with Gasteiger partial charge in [0.05, 0.1) is 11.1 Å². The summed E-state index contributed by atoms with van der Waals surface area (Å²) in [4.78, 5) is 15.2. The molecule has 0 aromatic carbocycles. The van der Waals surface area contributed by atoms with Crippen LogP contribution in [0.4, 0.5) is 0 Å². The third kappa shape index (κ3) is 2.31. The summed E-state index contributed by atoms with van der Waals surface area (Å²) in [6.45, 7) is -0.234. The first-order chi connectivity index (χ1) is 6.79. The molecule has 14 heavy (non-hydrogen) atoms. The highest BCUT2D eigenvalue weighted by Crippen LogP contribution is 2.04. The molecule has 0 bridgehead atoms. The molecule has 1 rings (SSSR count). The van der Waals surface area contributed by atoms with Crippen molar-refractivity contribution in [3.63, 3.8) is 0 Å². The molecular weight excluding hydrogens is 180 g/mol. The van der Waals surface area contributed by atoms with Crippen molar-refractivity contribution >= 4 is 5.91 Å². The smallest absolute Gasteiger partial charge is 0.252 e. The van der Waals surface area contributed by atoms with Gasteiger partial charge in [0.2, 0.25) is 0 Å². The number of hydrogen-bond donors (Lipinski definition) is 2. The number of nitrogens with zero attached hydrogens (tertiary/aromatic N) is 1. The summed E-state index contributed by atoms with van der Waals surface area (Å²) in [6, 6.07) is 1.58. The molecule has 0 fully saturated rings. The Balaban J connectivity index is 3.09. The molecule has 4 nitrogen and oxygen atoms in total. The van der Waals surface area contributed by atoms with Gasteiger partial charge in [-0.25, -0.2) is 0 Å². The van der Waals surface area contributed by atoms with Crippen LogP contribution >= 0.6 is 0 Å². The van der Waals surface area contributed by atoms with Crippen LogP contribution in [0.1, 0.15) is 15.9 Å². The van der Waals surface area contributed by atoms with Crippen molar-refractivity contribution in [1.82, 2.24) is 10.3 Å². The normalized spacial score (nSPS) is 8.71. The van der Waals surface area contributed by atoms with Crippen LogP contribution in [-0.2, 0) is 0 Å². The van der Waals surface area contributed by atoms with Gasteiger partial charge < -0.3 is 10.4 Å². The Labute approximate surface area is 82.0 Å². The molecule has 0 radical (unpaired) electrons. The van der Waals surface area contributed by atoms with Crippen molar-refractivity contribution < 1.29 is 9.90 Å². The summed E-state index contributed by atoms with van der Waals surface area (Å²) in [6.07, 6.45) is 3.02. The van der Waals surface area contributed by atoms with E-state index in [9.17, 15) is 4.79 Å². The minimum absolute atomic E-state index is 0.213. The molecule has 0 unspecified atom stereocenters. The van der Waals surface area contributed by atoms with E-state index in [1.165, 1.54) is 12.4 Å². The molecule has 0 aliphatic heterocycles. The minimum atomic E-state index is -0.234. The van der Waals surface area contributed by atoms with Crippen LogP contribution in [0.25, 0.3) is 0 Å². The van der Waals surface area contributed by atoms with E-state index >= 15 is 0 Å². The van der Waals surface area contributed by atoms with Gasteiger partial charge in [-0.2, -0.15) is 0 Å². The van der Waals surface area contributed by atoms with E-state index in [-0.39, 0.29) is 12.5 Å². The molecule has 0 aliphatic carbocycles. The lowest BCUT2D eigenvalue weighted by Gasteiger charge is -2.00. The highest BCUT2D eigenvalue weighted by Gasteiger charge is 2.06. The average molecular weight is 190 g/mol. The van der Waals surface area contributed by atoms with Crippen LogP contribution in [0.2, 0.25) is 0 Å². The number of aliphatic hydroxyl groups excluding tert-OH is 1. The number of nitrogens with one attached hydrogen (secondary N) is 1. The summed E-state index contributed by atoms with van der Waals surface area (Å²) in [5, 5.41) is 11.0. The van der Waals surface area contributed by atoms with Gasteiger partial charge in [-0.05, 0) is 6.07 Å². The Bertz CT molecular complexity index is 391. The van der Waals surface area contributed by atoms with Gasteiger partial charge in [-0.3, -0.25) is 9.78 Å². The molecule has 72 valence electrons. The van der Waals surface area contributed by atoms with Crippen LogP contribution in [-0.4, -0.2) is 29.7 Å². The SMILES string of the molecule is CNC(=O)c1ccncc1C#CCO. The summed E-state index contributed by atoms with van der Waals surface area (Å²) in [5.74, 6) is 4.91. The van der Waals surface area contributed by atoms with Crippen LogP contribution in [0.3, 0.4) is 0 Å². The van der Waals surface area contributed by atoms with Crippen molar-refractivity contribution in [2.24, 2.45) is 0 Å². The standard InChI is InChI=1S/C10H10N2O2/c1-11-10(14)9-4-5-12-7-8(9)3-2-6-13/h4-5,7,13H,6H2,1H3,(H,11,14). The second-order valence-corrected chi connectivity index (χ2v) is 2.46. The van der Waals surface area contributed by atoms with Gasteiger partial charge in [0, 0.05) is 19.4 Å². The maximum Gasteiger partial charge on any atom is 0.252 e. The van der Waals surface area contributed by atoms with Gasteiger partial charge in [0.15, 0.2) is 0 Å². The largest absolute Gasteiger partial charge is 0.384 e. The molecule has 0 saturated heterocycles. The topological polar surface area (TPSA) is 62.2 Å². The minimum Gasteiger partial charge on any atom is -0.384 e. The van der Waals surface area contributed by atoms with Crippen molar-refractivity contribution in [2.75, 3.05) is 13.7 Å². The lowest BCUT2D eigenvalue weighted by Crippen LogP contribution is -2.19. The van der Waals surface area contributed by atoms with E-state index in [0.717, 1.165) is 0 Å². The van der Waals surface area contributed by atoms with Crippen LogP contribution < -0.4 is 5.32 Å².